The van der Waals surface area contributed by atoms with E-state index >= 15 is 0 Å². The molecule has 1 atom stereocenters. The van der Waals surface area contributed by atoms with E-state index in [9.17, 15) is 0 Å². The molecule has 2 nitrogen and oxygen atoms in total. The van der Waals surface area contributed by atoms with Crippen LogP contribution < -0.4 is 5.73 Å². The maximum atomic E-state index is 5.55. The summed E-state index contributed by atoms with van der Waals surface area (Å²) in [5, 5.41) is 0. The van der Waals surface area contributed by atoms with Gasteiger partial charge in [0.25, 0.3) is 0 Å². The molecule has 0 saturated heterocycles. The average molecular weight is 163 g/mol. The Balaban J connectivity index is 0.000000810. The van der Waals surface area contributed by atoms with Crippen molar-refractivity contribution in [3.63, 3.8) is 0 Å². The molecular formula is C7H15ClN2. The van der Waals surface area contributed by atoms with E-state index in [0.29, 0.717) is 0 Å². The van der Waals surface area contributed by atoms with E-state index in [1.807, 2.05) is 0 Å². The number of halogens is 1. The van der Waals surface area contributed by atoms with Crippen LogP contribution in [0.25, 0.3) is 0 Å². The molecule has 1 heterocycles. The van der Waals surface area contributed by atoms with Gasteiger partial charge in [-0.1, -0.05) is 13.3 Å². The quantitative estimate of drug-likeness (QED) is 0.625. The second kappa shape index (κ2) is 4.56. The lowest BCUT2D eigenvalue weighted by Gasteiger charge is -2.17. The van der Waals surface area contributed by atoms with Crippen molar-refractivity contribution < 1.29 is 0 Å². The van der Waals surface area contributed by atoms with Crippen LogP contribution in [-0.4, -0.2) is 12.4 Å². The Bertz CT molecular complexity index is 123. The van der Waals surface area contributed by atoms with Gasteiger partial charge < -0.3 is 5.73 Å². The van der Waals surface area contributed by atoms with Gasteiger partial charge in [0.1, 0.15) is 0 Å². The summed E-state index contributed by atoms with van der Waals surface area (Å²) in [4.78, 5) is 4.12. The molecule has 0 aromatic rings. The molecule has 1 rings (SSSR count). The van der Waals surface area contributed by atoms with Crippen LogP contribution in [0.3, 0.4) is 0 Å². The smallest absolute Gasteiger partial charge is 0.0939 e. The number of nitrogens with two attached hydrogens (primary N) is 1. The van der Waals surface area contributed by atoms with Crippen LogP contribution in [0.1, 0.15) is 26.2 Å². The second-order valence-electron chi connectivity index (χ2n) is 2.64. The molecule has 10 heavy (non-hydrogen) atoms. The van der Waals surface area contributed by atoms with Crippen molar-refractivity contribution in [1.29, 1.82) is 0 Å². The number of hydrogen-bond donors (Lipinski definition) is 1. The molecule has 0 amide bonds. The summed E-state index contributed by atoms with van der Waals surface area (Å²) >= 11 is 0. The monoisotopic (exact) mass is 162 g/mol. The molecular weight excluding hydrogens is 148 g/mol. The van der Waals surface area contributed by atoms with Crippen molar-refractivity contribution in [2.45, 2.75) is 26.2 Å². The molecule has 3 heteroatoms. The summed E-state index contributed by atoms with van der Waals surface area (Å²) in [5.41, 5.74) is 5.55. The maximum absolute atomic E-state index is 5.55. The van der Waals surface area contributed by atoms with Crippen LogP contribution in [0.2, 0.25) is 0 Å². The Morgan fingerprint density at radius 3 is 2.80 bits per heavy atom. The Hall–Kier alpha value is -0.240. The van der Waals surface area contributed by atoms with Gasteiger partial charge in [0.2, 0.25) is 0 Å². The minimum atomic E-state index is 0. The second-order valence-corrected chi connectivity index (χ2v) is 2.64. The zero-order chi connectivity index (χ0) is 6.69. The molecule has 1 aliphatic heterocycles. The Labute approximate surface area is 68.3 Å². The summed E-state index contributed by atoms with van der Waals surface area (Å²) in [7, 11) is 0. The van der Waals surface area contributed by atoms with Crippen LogP contribution >= 0.6 is 12.4 Å². The first kappa shape index (κ1) is 9.76. The molecule has 0 aromatic heterocycles. The minimum absolute atomic E-state index is 0. The van der Waals surface area contributed by atoms with Gasteiger partial charge in [-0.2, -0.15) is 0 Å². The van der Waals surface area contributed by atoms with Crippen molar-refractivity contribution in [3.05, 3.63) is 0 Å². The molecule has 0 bridgehead atoms. The Morgan fingerprint density at radius 2 is 2.40 bits per heavy atom. The van der Waals surface area contributed by atoms with Crippen molar-refractivity contribution in [2.75, 3.05) is 6.54 Å². The highest BCUT2D eigenvalue weighted by Gasteiger charge is 2.11. The van der Waals surface area contributed by atoms with E-state index in [0.717, 1.165) is 24.7 Å². The molecule has 1 unspecified atom stereocenters. The highest BCUT2D eigenvalue weighted by molar-refractivity contribution is 5.85. The van der Waals surface area contributed by atoms with Gasteiger partial charge in [-0.05, 0) is 12.3 Å². The van der Waals surface area contributed by atoms with Crippen LogP contribution in [0.15, 0.2) is 4.99 Å². The van der Waals surface area contributed by atoms with Gasteiger partial charge in [-0.3, -0.25) is 4.99 Å². The molecule has 0 aromatic carbocycles. The molecule has 2 N–H and O–H groups in total. The molecule has 0 radical (unpaired) electrons. The third-order valence-electron chi connectivity index (χ3n) is 1.93. The van der Waals surface area contributed by atoms with E-state index in [4.69, 9.17) is 5.73 Å². The lowest BCUT2D eigenvalue weighted by Crippen LogP contribution is -2.22. The van der Waals surface area contributed by atoms with E-state index in [1.165, 1.54) is 12.8 Å². The largest absolute Gasteiger partial charge is 0.387 e. The number of amidine groups is 1. The first-order chi connectivity index (χ1) is 4.33. The molecule has 0 aliphatic carbocycles. The molecule has 60 valence electrons. The summed E-state index contributed by atoms with van der Waals surface area (Å²) < 4.78 is 0. The first-order valence-corrected chi connectivity index (χ1v) is 3.61. The summed E-state index contributed by atoms with van der Waals surface area (Å²) in [5.74, 6) is 1.66. The number of aliphatic imine (C=N–C) groups is 1. The molecule has 0 fully saturated rings. The van der Waals surface area contributed by atoms with E-state index < -0.39 is 0 Å². The first-order valence-electron chi connectivity index (χ1n) is 3.61. The van der Waals surface area contributed by atoms with Gasteiger partial charge >= 0.3 is 0 Å². The average Bonchev–Trinajstić information content (AvgIpc) is 1.88. The van der Waals surface area contributed by atoms with E-state index in [2.05, 4.69) is 11.9 Å². The standard InChI is InChI=1S/C7H14N2.ClH/c1-2-6-3-4-9-7(8)5-6;/h6H,2-5H2,1H3,(H2,8,9);1H. The fraction of sp³-hybridized carbons (Fsp3) is 0.857. The topological polar surface area (TPSA) is 38.4 Å². The predicted octanol–water partition coefficient (Wildman–Crippen LogP) is 1.59. The molecule has 0 saturated carbocycles. The van der Waals surface area contributed by atoms with Gasteiger partial charge in [0, 0.05) is 13.0 Å². The third kappa shape index (κ3) is 2.56. The third-order valence-corrected chi connectivity index (χ3v) is 1.93. The van der Waals surface area contributed by atoms with E-state index in [1.54, 1.807) is 0 Å². The number of nitrogens with zero attached hydrogens (tertiary/aromatic N) is 1. The lowest BCUT2D eigenvalue weighted by molar-refractivity contribution is 0.476. The predicted molar refractivity (Wildman–Crippen MR) is 46.8 cm³/mol. The fourth-order valence-electron chi connectivity index (χ4n) is 1.20. The zero-order valence-corrected chi connectivity index (χ0v) is 7.16. The summed E-state index contributed by atoms with van der Waals surface area (Å²) in [6, 6.07) is 0. The highest BCUT2D eigenvalue weighted by Crippen LogP contribution is 2.16. The van der Waals surface area contributed by atoms with Crippen LogP contribution in [0.5, 0.6) is 0 Å². The normalized spacial score (nSPS) is 24.9. The van der Waals surface area contributed by atoms with Crippen molar-refractivity contribution in [2.24, 2.45) is 16.6 Å². The minimum Gasteiger partial charge on any atom is -0.387 e. The van der Waals surface area contributed by atoms with E-state index in [-0.39, 0.29) is 12.4 Å². The Kier molecular flexibility index (Phi) is 4.45. The van der Waals surface area contributed by atoms with Gasteiger partial charge in [-0.25, -0.2) is 0 Å². The van der Waals surface area contributed by atoms with Crippen molar-refractivity contribution in [1.82, 2.24) is 0 Å². The SMILES string of the molecule is CCC1CCN=C(N)C1.Cl. The number of rotatable bonds is 1. The lowest BCUT2D eigenvalue weighted by atomic mass is 9.96. The van der Waals surface area contributed by atoms with Gasteiger partial charge in [0.05, 0.1) is 5.84 Å². The maximum Gasteiger partial charge on any atom is 0.0939 e. The number of hydrogen-bond acceptors (Lipinski definition) is 2. The molecule has 0 spiro atoms. The van der Waals surface area contributed by atoms with Crippen LogP contribution in [-0.2, 0) is 0 Å². The zero-order valence-electron chi connectivity index (χ0n) is 6.34. The summed E-state index contributed by atoms with van der Waals surface area (Å²) in [6.07, 6.45) is 3.50. The van der Waals surface area contributed by atoms with Gasteiger partial charge in [-0.15, -0.1) is 12.4 Å². The highest BCUT2D eigenvalue weighted by atomic mass is 35.5. The Morgan fingerprint density at radius 1 is 1.70 bits per heavy atom. The van der Waals surface area contributed by atoms with Crippen LogP contribution in [0, 0.1) is 5.92 Å². The van der Waals surface area contributed by atoms with Crippen molar-refractivity contribution >= 4 is 18.2 Å². The van der Waals surface area contributed by atoms with Crippen molar-refractivity contribution in [3.8, 4) is 0 Å². The van der Waals surface area contributed by atoms with Crippen LogP contribution in [0.4, 0.5) is 0 Å². The summed E-state index contributed by atoms with van der Waals surface area (Å²) in [6.45, 7) is 3.16. The fourth-order valence-corrected chi connectivity index (χ4v) is 1.20. The van der Waals surface area contributed by atoms with Gasteiger partial charge in [0.15, 0.2) is 0 Å². The molecule has 1 aliphatic rings.